The number of sulfonamides is 1. The minimum Gasteiger partial charge on any atom is -0.387 e. The van der Waals surface area contributed by atoms with Crippen molar-refractivity contribution in [3.05, 3.63) is 18.5 Å². The van der Waals surface area contributed by atoms with Gasteiger partial charge in [-0.25, -0.2) is 13.1 Å². The molecule has 0 fully saturated rings. The molecule has 0 bridgehead atoms. The van der Waals surface area contributed by atoms with Crippen LogP contribution in [-0.2, 0) is 10.0 Å². The van der Waals surface area contributed by atoms with Crippen LogP contribution in [0.4, 0.5) is 5.69 Å². The fourth-order valence-corrected chi connectivity index (χ4v) is 3.35. The molecule has 19 heavy (non-hydrogen) atoms. The lowest BCUT2D eigenvalue weighted by atomic mass is 10.2. The number of thioether (sulfide) groups is 1. The van der Waals surface area contributed by atoms with Gasteiger partial charge in [-0.3, -0.25) is 4.98 Å². The molecule has 7 heteroatoms. The van der Waals surface area contributed by atoms with Gasteiger partial charge in [0.1, 0.15) is 4.90 Å². The highest BCUT2D eigenvalue weighted by molar-refractivity contribution is 7.98. The molecule has 0 amide bonds. The quantitative estimate of drug-likeness (QED) is 0.682. The maximum atomic E-state index is 12.1. The van der Waals surface area contributed by atoms with Gasteiger partial charge in [-0.05, 0) is 30.9 Å². The van der Waals surface area contributed by atoms with E-state index in [-0.39, 0.29) is 4.90 Å². The molecule has 1 aromatic rings. The Bertz CT molecular complexity index is 478. The van der Waals surface area contributed by atoms with Crippen molar-refractivity contribution in [2.75, 3.05) is 30.9 Å². The molecule has 2 N–H and O–H groups in total. The predicted octanol–water partition coefficient (Wildman–Crippen LogP) is 1.93. The van der Waals surface area contributed by atoms with Gasteiger partial charge in [0.2, 0.25) is 10.0 Å². The van der Waals surface area contributed by atoms with Gasteiger partial charge < -0.3 is 5.32 Å². The molecule has 0 radical (unpaired) electrons. The van der Waals surface area contributed by atoms with E-state index >= 15 is 0 Å². The van der Waals surface area contributed by atoms with Crippen molar-refractivity contribution < 1.29 is 8.42 Å². The summed E-state index contributed by atoms with van der Waals surface area (Å²) in [7, 11) is -1.78. The lowest BCUT2D eigenvalue weighted by molar-refractivity contribution is 0.576. The number of rotatable bonds is 9. The standard InChI is InChI=1S/C12H21N3O2S2/c1-13-11-6-8-14-10-12(11)19(16,17)15-7-4-3-5-9-18-2/h6,8,10,15H,3-5,7,9H2,1-2H3,(H,13,14). The average molecular weight is 303 g/mol. The van der Waals surface area contributed by atoms with Gasteiger partial charge >= 0.3 is 0 Å². The molecule has 108 valence electrons. The number of pyridine rings is 1. The number of unbranched alkanes of at least 4 members (excludes halogenated alkanes) is 2. The zero-order valence-corrected chi connectivity index (χ0v) is 13.0. The second-order valence-electron chi connectivity index (χ2n) is 4.07. The molecule has 0 aliphatic rings. The third-order valence-corrected chi connectivity index (χ3v) is 4.85. The van der Waals surface area contributed by atoms with Crippen molar-refractivity contribution in [1.29, 1.82) is 0 Å². The lowest BCUT2D eigenvalue weighted by Gasteiger charge is -2.10. The summed E-state index contributed by atoms with van der Waals surface area (Å²) in [6.45, 7) is 0.467. The molecule has 5 nitrogen and oxygen atoms in total. The zero-order valence-electron chi connectivity index (χ0n) is 11.3. The van der Waals surface area contributed by atoms with Crippen LogP contribution in [0.15, 0.2) is 23.4 Å². The summed E-state index contributed by atoms with van der Waals surface area (Å²) in [5.41, 5.74) is 0.560. The fraction of sp³-hybridized carbons (Fsp3) is 0.583. The predicted molar refractivity (Wildman–Crippen MR) is 81.2 cm³/mol. The third kappa shape index (κ3) is 5.38. The minimum absolute atomic E-state index is 0.196. The van der Waals surface area contributed by atoms with E-state index in [2.05, 4.69) is 21.3 Å². The molecule has 0 saturated heterocycles. The highest BCUT2D eigenvalue weighted by Gasteiger charge is 2.17. The molecule has 1 heterocycles. The van der Waals surface area contributed by atoms with Crippen LogP contribution in [0.3, 0.4) is 0 Å². The van der Waals surface area contributed by atoms with E-state index in [9.17, 15) is 8.42 Å². The van der Waals surface area contributed by atoms with Crippen molar-refractivity contribution in [1.82, 2.24) is 9.71 Å². The van der Waals surface area contributed by atoms with Crippen molar-refractivity contribution in [3.8, 4) is 0 Å². The first kappa shape index (κ1) is 16.3. The van der Waals surface area contributed by atoms with Crippen LogP contribution in [0.25, 0.3) is 0 Å². The number of anilines is 1. The second kappa shape index (κ2) is 8.39. The van der Waals surface area contributed by atoms with Crippen molar-refractivity contribution in [2.45, 2.75) is 24.2 Å². The third-order valence-electron chi connectivity index (χ3n) is 2.66. The maximum absolute atomic E-state index is 12.1. The zero-order chi connectivity index (χ0) is 14.1. The maximum Gasteiger partial charge on any atom is 0.244 e. The first-order chi connectivity index (χ1) is 9.11. The van der Waals surface area contributed by atoms with Crippen LogP contribution < -0.4 is 10.0 Å². The Kier molecular flexibility index (Phi) is 7.19. The van der Waals surface area contributed by atoms with Gasteiger partial charge in [-0.1, -0.05) is 6.42 Å². The summed E-state index contributed by atoms with van der Waals surface area (Å²) >= 11 is 1.81. The molecule has 0 aliphatic carbocycles. The average Bonchev–Trinajstić information content (AvgIpc) is 2.42. The van der Waals surface area contributed by atoms with Crippen molar-refractivity contribution in [3.63, 3.8) is 0 Å². The number of hydrogen-bond donors (Lipinski definition) is 2. The monoisotopic (exact) mass is 303 g/mol. The number of nitrogens with one attached hydrogen (secondary N) is 2. The summed E-state index contributed by atoms with van der Waals surface area (Å²) in [5, 5.41) is 2.86. The van der Waals surface area contributed by atoms with Gasteiger partial charge in [-0.15, -0.1) is 0 Å². The molecule has 0 aliphatic heterocycles. The molecule has 0 unspecified atom stereocenters. The normalized spacial score (nSPS) is 11.5. The highest BCUT2D eigenvalue weighted by Crippen LogP contribution is 2.18. The molecule has 1 rings (SSSR count). The fourth-order valence-electron chi connectivity index (χ4n) is 1.63. The van der Waals surface area contributed by atoms with Crippen LogP contribution in [0.2, 0.25) is 0 Å². The van der Waals surface area contributed by atoms with Gasteiger partial charge in [0.25, 0.3) is 0 Å². The second-order valence-corrected chi connectivity index (χ2v) is 6.79. The Morgan fingerprint density at radius 3 is 2.79 bits per heavy atom. The molecule has 0 spiro atoms. The van der Waals surface area contributed by atoms with Gasteiger partial charge in [0.05, 0.1) is 5.69 Å². The number of nitrogens with zero attached hydrogens (tertiary/aromatic N) is 1. The van der Waals surface area contributed by atoms with E-state index in [1.165, 1.54) is 6.20 Å². The van der Waals surface area contributed by atoms with E-state index < -0.39 is 10.0 Å². The van der Waals surface area contributed by atoms with Gasteiger partial charge in [0.15, 0.2) is 0 Å². The molecular formula is C12H21N3O2S2. The SMILES string of the molecule is CNc1ccncc1S(=O)(=O)NCCCCCSC. The summed E-state index contributed by atoms with van der Waals surface area (Å²) < 4.78 is 26.8. The van der Waals surface area contributed by atoms with Crippen molar-refractivity contribution >= 4 is 27.5 Å². The molecular weight excluding hydrogens is 282 g/mol. The molecule has 0 atom stereocenters. The van der Waals surface area contributed by atoms with Crippen molar-refractivity contribution in [2.24, 2.45) is 0 Å². The summed E-state index contributed by atoms with van der Waals surface area (Å²) in [6, 6.07) is 1.65. The highest BCUT2D eigenvalue weighted by atomic mass is 32.2. The Hall–Kier alpha value is -0.790. The van der Waals surface area contributed by atoms with Crippen LogP contribution in [0.1, 0.15) is 19.3 Å². The summed E-state index contributed by atoms with van der Waals surface area (Å²) in [4.78, 5) is 4.06. The van der Waals surface area contributed by atoms with Crippen LogP contribution >= 0.6 is 11.8 Å². The Balaban J connectivity index is 2.52. The van der Waals surface area contributed by atoms with E-state index in [1.807, 2.05) is 11.8 Å². The molecule has 0 saturated carbocycles. The Morgan fingerprint density at radius 1 is 1.32 bits per heavy atom. The number of aromatic nitrogens is 1. The van der Waals surface area contributed by atoms with E-state index in [4.69, 9.17) is 0 Å². The Morgan fingerprint density at radius 2 is 2.11 bits per heavy atom. The van der Waals surface area contributed by atoms with E-state index in [1.54, 1.807) is 19.3 Å². The summed E-state index contributed by atoms with van der Waals surface area (Å²) in [6.07, 6.45) is 8.02. The molecule has 0 aromatic carbocycles. The van der Waals surface area contributed by atoms with E-state index in [0.717, 1.165) is 25.0 Å². The van der Waals surface area contributed by atoms with Crippen LogP contribution in [0, 0.1) is 0 Å². The Labute approximate surface area is 119 Å². The lowest BCUT2D eigenvalue weighted by Crippen LogP contribution is -2.25. The van der Waals surface area contributed by atoms with Crippen LogP contribution in [-0.4, -0.2) is 39.0 Å². The smallest absolute Gasteiger partial charge is 0.244 e. The topological polar surface area (TPSA) is 71.1 Å². The van der Waals surface area contributed by atoms with Gasteiger partial charge in [-0.2, -0.15) is 11.8 Å². The molecule has 1 aromatic heterocycles. The minimum atomic E-state index is -3.48. The summed E-state index contributed by atoms with van der Waals surface area (Å²) in [5.74, 6) is 1.12. The number of hydrogen-bond acceptors (Lipinski definition) is 5. The largest absolute Gasteiger partial charge is 0.387 e. The van der Waals surface area contributed by atoms with E-state index in [0.29, 0.717) is 12.2 Å². The van der Waals surface area contributed by atoms with Gasteiger partial charge in [0, 0.05) is 26.0 Å². The first-order valence-corrected chi connectivity index (χ1v) is 9.10. The van der Waals surface area contributed by atoms with Crippen LogP contribution in [0.5, 0.6) is 0 Å². The first-order valence-electron chi connectivity index (χ1n) is 6.22.